The van der Waals surface area contributed by atoms with Crippen molar-refractivity contribution in [1.82, 2.24) is 10.2 Å². The number of hydrogen-bond acceptors (Lipinski definition) is 4. The normalized spacial score (nSPS) is 12.7. The first kappa shape index (κ1) is 16.2. The van der Waals surface area contributed by atoms with E-state index < -0.39 is 5.97 Å². The molecule has 0 aromatic carbocycles. The number of hydrogen-bond donors (Lipinski definition) is 2. The Hall–Kier alpha value is -1.82. The second-order valence-corrected chi connectivity index (χ2v) is 5.01. The van der Waals surface area contributed by atoms with E-state index in [1.165, 1.54) is 0 Å². The molecule has 1 unspecified atom stereocenters. The van der Waals surface area contributed by atoms with Crippen molar-refractivity contribution in [2.45, 2.75) is 39.3 Å². The van der Waals surface area contributed by atoms with Crippen LogP contribution in [0.25, 0.3) is 0 Å². The lowest BCUT2D eigenvalue weighted by Gasteiger charge is -2.25. The Morgan fingerprint density at radius 1 is 1.40 bits per heavy atom. The van der Waals surface area contributed by atoms with Gasteiger partial charge in [-0.05, 0) is 32.9 Å². The summed E-state index contributed by atoms with van der Waals surface area (Å²) in [6.07, 6.45) is 1.59. The molecule has 0 saturated carbocycles. The first-order chi connectivity index (χ1) is 9.40. The van der Waals surface area contributed by atoms with Gasteiger partial charge in [0.1, 0.15) is 5.76 Å². The summed E-state index contributed by atoms with van der Waals surface area (Å²) in [6, 6.07) is 3.48. The number of amides is 1. The molecule has 0 bridgehead atoms. The molecule has 1 aromatic rings. The molecular formula is C14H22N2O4. The van der Waals surface area contributed by atoms with Crippen LogP contribution in [0.15, 0.2) is 22.8 Å². The maximum absolute atomic E-state index is 12.0. The van der Waals surface area contributed by atoms with Gasteiger partial charge in [0.2, 0.25) is 5.91 Å². The minimum atomic E-state index is -0.861. The fourth-order valence-electron chi connectivity index (χ4n) is 1.84. The largest absolute Gasteiger partial charge is 0.481 e. The maximum Gasteiger partial charge on any atom is 0.304 e. The minimum Gasteiger partial charge on any atom is -0.481 e. The molecule has 1 rings (SSSR count). The molecule has 20 heavy (non-hydrogen) atoms. The zero-order chi connectivity index (χ0) is 15.1. The Morgan fingerprint density at radius 3 is 2.60 bits per heavy atom. The van der Waals surface area contributed by atoms with Crippen LogP contribution < -0.4 is 5.32 Å². The highest BCUT2D eigenvalue weighted by Gasteiger charge is 2.17. The molecule has 0 saturated heterocycles. The quantitative estimate of drug-likeness (QED) is 0.757. The Bertz CT molecular complexity index is 428. The zero-order valence-electron chi connectivity index (χ0n) is 12.1. The van der Waals surface area contributed by atoms with E-state index in [0.717, 1.165) is 0 Å². The van der Waals surface area contributed by atoms with Crippen molar-refractivity contribution >= 4 is 11.9 Å². The zero-order valence-corrected chi connectivity index (χ0v) is 12.1. The van der Waals surface area contributed by atoms with E-state index in [1.54, 1.807) is 18.4 Å². The number of aliphatic carboxylic acids is 1. The number of carboxylic acid groups (broad SMARTS) is 1. The second kappa shape index (κ2) is 7.69. The molecule has 1 atom stereocenters. The number of nitrogens with zero attached hydrogens (tertiary/aromatic N) is 1. The molecule has 1 amide bonds. The van der Waals surface area contributed by atoms with Crippen molar-refractivity contribution < 1.29 is 19.1 Å². The van der Waals surface area contributed by atoms with E-state index >= 15 is 0 Å². The van der Waals surface area contributed by atoms with Gasteiger partial charge in [-0.15, -0.1) is 0 Å². The molecule has 0 aliphatic heterocycles. The molecule has 0 spiro atoms. The first-order valence-electron chi connectivity index (χ1n) is 6.68. The molecule has 1 heterocycles. The van der Waals surface area contributed by atoms with Gasteiger partial charge in [0, 0.05) is 12.6 Å². The third-order valence-corrected chi connectivity index (χ3v) is 3.04. The van der Waals surface area contributed by atoms with Crippen molar-refractivity contribution in [1.29, 1.82) is 0 Å². The van der Waals surface area contributed by atoms with E-state index in [4.69, 9.17) is 9.52 Å². The number of rotatable bonds is 8. The summed E-state index contributed by atoms with van der Waals surface area (Å²) in [5, 5.41) is 11.5. The summed E-state index contributed by atoms with van der Waals surface area (Å²) in [5.41, 5.74) is 0. The van der Waals surface area contributed by atoms with Crippen LogP contribution in [0.3, 0.4) is 0 Å². The average molecular weight is 282 g/mol. The molecular weight excluding hydrogens is 260 g/mol. The molecule has 0 aliphatic carbocycles. The van der Waals surface area contributed by atoms with E-state index in [1.807, 2.05) is 25.7 Å². The predicted octanol–water partition coefficient (Wildman–Crippen LogP) is 1.64. The summed E-state index contributed by atoms with van der Waals surface area (Å²) in [5.74, 6) is -0.312. The monoisotopic (exact) mass is 282 g/mol. The van der Waals surface area contributed by atoms with E-state index in [0.29, 0.717) is 12.3 Å². The molecule has 2 N–H and O–H groups in total. The van der Waals surface area contributed by atoms with Crippen molar-refractivity contribution in [2.75, 3.05) is 13.1 Å². The highest BCUT2D eigenvalue weighted by atomic mass is 16.4. The smallest absolute Gasteiger partial charge is 0.304 e. The van der Waals surface area contributed by atoms with E-state index in [2.05, 4.69) is 5.32 Å². The standard InChI is InChI=1S/C14H22N2O4/c1-10(2)16(7-6-14(18)19)9-13(17)15-11(3)12-5-4-8-20-12/h4-5,8,10-11H,6-7,9H2,1-3H3,(H,15,17)(H,18,19). The van der Waals surface area contributed by atoms with Gasteiger partial charge in [-0.25, -0.2) is 0 Å². The van der Waals surface area contributed by atoms with Crippen LogP contribution in [-0.4, -0.2) is 41.0 Å². The lowest BCUT2D eigenvalue weighted by molar-refractivity contribution is -0.138. The Kier molecular flexibility index (Phi) is 6.24. The highest BCUT2D eigenvalue weighted by Crippen LogP contribution is 2.12. The van der Waals surface area contributed by atoms with Crippen LogP contribution in [-0.2, 0) is 9.59 Å². The number of furan rings is 1. The SMILES string of the molecule is CC(NC(=O)CN(CCC(=O)O)C(C)C)c1ccco1. The Balaban J connectivity index is 2.47. The molecule has 0 fully saturated rings. The third kappa shape index (κ3) is 5.44. The van der Waals surface area contributed by atoms with E-state index in [-0.39, 0.29) is 31.0 Å². The maximum atomic E-state index is 12.0. The van der Waals surface area contributed by atoms with Gasteiger partial charge in [-0.2, -0.15) is 0 Å². The third-order valence-electron chi connectivity index (χ3n) is 3.04. The molecule has 1 aromatic heterocycles. The lowest BCUT2D eigenvalue weighted by Crippen LogP contribution is -2.42. The summed E-state index contributed by atoms with van der Waals surface area (Å²) in [6.45, 7) is 6.25. The van der Waals surface area contributed by atoms with Gasteiger partial charge in [0.05, 0.1) is 25.3 Å². The van der Waals surface area contributed by atoms with Crippen LogP contribution in [0.2, 0.25) is 0 Å². The van der Waals surface area contributed by atoms with Gasteiger partial charge < -0.3 is 14.8 Å². The van der Waals surface area contributed by atoms with Gasteiger partial charge in [0.15, 0.2) is 0 Å². The van der Waals surface area contributed by atoms with Gasteiger partial charge in [0.25, 0.3) is 0 Å². The van der Waals surface area contributed by atoms with Gasteiger partial charge in [-0.3, -0.25) is 14.5 Å². The molecule has 0 aliphatic rings. The van der Waals surface area contributed by atoms with Crippen molar-refractivity contribution in [3.63, 3.8) is 0 Å². The second-order valence-electron chi connectivity index (χ2n) is 5.01. The fourth-order valence-corrected chi connectivity index (χ4v) is 1.84. The molecule has 6 nitrogen and oxygen atoms in total. The minimum absolute atomic E-state index is 0.0270. The molecule has 6 heteroatoms. The summed E-state index contributed by atoms with van der Waals surface area (Å²) >= 11 is 0. The first-order valence-corrected chi connectivity index (χ1v) is 6.68. The number of carbonyl (C=O) groups excluding carboxylic acids is 1. The van der Waals surface area contributed by atoms with Gasteiger partial charge >= 0.3 is 5.97 Å². The lowest BCUT2D eigenvalue weighted by atomic mass is 10.2. The molecule has 0 radical (unpaired) electrons. The van der Waals surface area contributed by atoms with Crippen LogP contribution >= 0.6 is 0 Å². The molecule has 112 valence electrons. The Labute approximate surface area is 118 Å². The fraction of sp³-hybridized carbons (Fsp3) is 0.571. The average Bonchev–Trinajstić information content (AvgIpc) is 2.87. The summed E-state index contributed by atoms with van der Waals surface area (Å²) in [7, 11) is 0. The Morgan fingerprint density at radius 2 is 2.10 bits per heavy atom. The van der Waals surface area contributed by atoms with Crippen LogP contribution in [0.4, 0.5) is 0 Å². The van der Waals surface area contributed by atoms with Crippen molar-refractivity contribution in [3.8, 4) is 0 Å². The van der Waals surface area contributed by atoms with Crippen LogP contribution in [0.5, 0.6) is 0 Å². The van der Waals surface area contributed by atoms with Crippen LogP contribution in [0.1, 0.15) is 39.0 Å². The summed E-state index contributed by atoms with van der Waals surface area (Å²) < 4.78 is 5.22. The number of nitrogens with one attached hydrogen (secondary N) is 1. The predicted molar refractivity (Wildman–Crippen MR) is 74.2 cm³/mol. The highest BCUT2D eigenvalue weighted by molar-refractivity contribution is 5.78. The topological polar surface area (TPSA) is 82.8 Å². The number of carboxylic acids is 1. The number of carbonyl (C=O) groups is 2. The van der Waals surface area contributed by atoms with Crippen LogP contribution in [0, 0.1) is 0 Å². The van der Waals surface area contributed by atoms with E-state index in [9.17, 15) is 9.59 Å². The van der Waals surface area contributed by atoms with Gasteiger partial charge in [-0.1, -0.05) is 0 Å². The summed E-state index contributed by atoms with van der Waals surface area (Å²) in [4.78, 5) is 24.4. The van der Waals surface area contributed by atoms with Crippen molar-refractivity contribution in [2.24, 2.45) is 0 Å². The van der Waals surface area contributed by atoms with Crippen molar-refractivity contribution in [3.05, 3.63) is 24.2 Å².